The maximum atomic E-state index is 12.8. The number of amidine groups is 1. The number of Topliss-reactive ketones (excluding diaryl/α,β-unsaturated/α-hetero) is 1. The summed E-state index contributed by atoms with van der Waals surface area (Å²) >= 11 is 5.84. The number of aryl methyl sites for hydroxylation is 1. The van der Waals surface area contributed by atoms with Gasteiger partial charge >= 0.3 is 0 Å². The molecule has 3 rings (SSSR count). The number of ketones is 1. The number of nitrogens with one attached hydrogen (secondary N) is 3. The highest BCUT2D eigenvalue weighted by Crippen LogP contribution is 2.20. The summed E-state index contributed by atoms with van der Waals surface area (Å²) in [5.41, 5.74) is 3.24. The molecule has 7 nitrogen and oxygen atoms in total. The van der Waals surface area contributed by atoms with Gasteiger partial charge in [-0.05, 0) is 62.4 Å². The zero-order valence-electron chi connectivity index (χ0n) is 18.1. The topological polar surface area (TPSA) is 98.2 Å². The van der Waals surface area contributed by atoms with Crippen molar-refractivity contribution in [3.8, 4) is 0 Å². The molecule has 164 valence electrons. The summed E-state index contributed by atoms with van der Waals surface area (Å²) in [7, 11) is 1.80. The van der Waals surface area contributed by atoms with Crippen molar-refractivity contribution < 1.29 is 9.59 Å². The van der Waals surface area contributed by atoms with Gasteiger partial charge in [-0.25, -0.2) is 4.98 Å². The Labute approximate surface area is 191 Å². The van der Waals surface area contributed by atoms with Crippen LogP contribution < -0.4 is 15.5 Å². The van der Waals surface area contributed by atoms with Crippen molar-refractivity contribution in [1.29, 1.82) is 5.41 Å². The maximum Gasteiger partial charge on any atom is 0.258 e. The second-order valence-corrected chi connectivity index (χ2v) is 7.77. The van der Waals surface area contributed by atoms with Crippen LogP contribution in [0.5, 0.6) is 0 Å². The molecule has 3 aromatic rings. The predicted molar refractivity (Wildman–Crippen MR) is 129 cm³/mol. The van der Waals surface area contributed by atoms with Gasteiger partial charge in [-0.3, -0.25) is 15.0 Å². The molecule has 0 aliphatic heterocycles. The van der Waals surface area contributed by atoms with Crippen LogP contribution in [0.1, 0.15) is 33.2 Å². The normalized spacial score (nSPS) is 10.4. The lowest BCUT2D eigenvalue weighted by Gasteiger charge is -2.17. The fourth-order valence-electron chi connectivity index (χ4n) is 2.98. The third-order valence-corrected chi connectivity index (χ3v) is 5.13. The van der Waals surface area contributed by atoms with Crippen molar-refractivity contribution in [3.63, 3.8) is 0 Å². The van der Waals surface area contributed by atoms with Gasteiger partial charge in [-0.2, -0.15) is 0 Å². The molecule has 1 aromatic heterocycles. The Bertz CT molecular complexity index is 1140. The smallest absolute Gasteiger partial charge is 0.258 e. The van der Waals surface area contributed by atoms with Gasteiger partial charge in [0.25, 0.3) is 5.91 Å². The molecule has 0 aliphatic rings. The molecule has 0 aliphatic carbocycles. The number of anilines is 3. The van der Waals surface area contributed by atoms with Crippen LogP contribution in [0.15, 0.2) is 60.8 Å². The molecule has 0 saturated heterocycles. The van der Waals surface area contributed by atoms with E-state index in [1.807, 2.05) is 13.0 Å². The van der Waals surface area contributed by atoms with E-state index in [1.54, 1.807) is 67.4 Å². The van der Waals surface area contributed by atoms with Crippen LogP contribution >= 0.6 is 11.6 Å². The summed E-state index contributed by atoms with van der Waals surface area (Å²) in [6.07, 6.45) is 1.46. The van der Waals surface area contributed by atoms with Gasteiger partial charge in [0.15, 0.2) is 5.78 Å². The van der Waals surface area contributed by atoms with Gasteiger partial charge in [0.2, 0.25) is 0 Å². The lowest BCUT2D eigenvalue weighted by Crippen LogP contribution is -2.22. The van der Waals surface area contributed by atoms with Gasteiger partial charge in [0.05, 0.1) is 23.0 Å². The summed E-state index contributed by atoms with van der Waals surface area (Å²) in [4.78, 5) is 31.3. The van der Waals surface area contributed by atoms with Gasteiger partial charge < -0.3 is 15.5 Å². The van der Waals surface area contributed by atoms with Crippen LogP contribution in [0, 0.1) is 12.3 Å². The lowest BCUT2D eigenvalue weighted by atomic mass is 10.1. The van der Waals surface area contributed by atoms with Crippen LogP contribution in [0.4, 0.5) is 17.2 Å². The van der Waals surface area contributed by atoms with Crippen molar-refractivity contribution in [2.75, 3.05) is 29.1 Å². The summed E-state index contributed by atoms with van der Waals surface area (Å²) < 4.78 is 0. The highest BCUT2D eigenvalue weighted by Gasteiger charge is 2.14. The minimum absolute atomic E-state index is 0.0291. The molecule has 1 heterocycles. The van der Waals surface area contributed by atoms with Crippen LogP contribution in [-0.2, 0) is 0 Å². The monoisotopic (exact) mass is 449 g/mol. The molecule has 0 unspecified atom stereocenters. The number of carbonyl (C=O) groups is 2. The molecule has 8 heteroatoms. The van der Waals surface area contributed by atoms with E-state index in [2.05, 4.69) is 15.6 Å². The molecular formula is C24H24ClN5O2. The van der Waals surface area contributed by atoms with Crippen LogP contribution in [0.2, 0.25) is 5.02 Å². The van der Waals surface area contributed by atoms with E-state index in [0.29, 0.717) is 33.5 Å². The largest absolute Gasteiger partial charge is 0.377 e. The number of rotatable bonds is 7. The molecule has 0 atom stereocenters. The fourth-order valence-corrected chi connectivity index (χ4v) is 3.09. The molecule has 0 bridgehead atoms. The predicted octanol–water partition coefficient (Wildman–Crippen LogP) is 5.02. The van der Waals surface area contributed by atoms with Crippen molar-refractivity contribution in [1.82, 2.24) is 4.98 Å². The average Bonchev–Trinajstić information content (AvgIpc) is 2.79. The van der Waals surface area contributed by atoms with Crippen LogP contribution in [0.3, 0.4) is 0 Å². The molecule has 0 spiro atoms. The van der Waals surface area contributed by atoms with E-state index in [-0.39, 0.29) is 18.2 Å². The van der Waals surface area contributed by atoms with Crippen molar-refractivity contribution in [2.45, 2.75) is 13.8 Å². The van der Waals surface area contributed by atoms with E-state index in [9.17, 15) is 9.59 Å². The van der Waals surface area contributed by atoms with Crippen LogP contribution in [0.25, 0.3) is 0 Å². The zero-order chi connectivity index (χ0) is 23.3. The number of hydrogen-bond donors (Lipinski definition) is 3. The Balaban J connectivity index is 1.71. The van der Waals surface area contributed by atoms with E-state index in [0.717, 1.165) is 11.3 Å². The van der Waals surface area contributed by atoms with E-state index in [1.165, 1.54) is 6.20 Å². The summed E-state index contributed by atoms with van der Waals surface area (Å²) in [5, 5.41) is 14.0. The standard InChI is InChI=1S/C24H24ClN5O2/c1-15-4-10-21(20(12-15)24(32)29-23-11-7-18(25)13-28-23)27-14-22(31)17-5-8-19(9-6-17)30(3)16(2)26/h4-13,26-27H,14H2,1-3H3,(H,28,29,32). The first kappa shape index (κ1) is 23.0. The number of carbonyl (C=O) groups excluding carboxylic acids is 2. The summed E-state index contributed by atoms with van der Waals surface area (Å²) in [5.74, 6) is 0.336. The number of hydrogen-bond acceptors (Lipinski definition) is 5. The maximum absolute atomic E-state index is 12.8. The van der Waals surface area contributed by atoms with E-state index in [4.69, 9.17) is 17.0 Å². The number of benzene rings is 2. The summed E-state index contributed by atoms with van der Waals surface area (Å²) in [6.45, 7) is 3.61. The highest BCUT2D eigenvalue weighted by atomic mass is 35.5. The lowest BCUT2D eigenvalue weighted by molar-refractivity contribution is 0.1000. The Hall–Kier alpha value is -3.71. The van der Waals surface area contributed by atoms with Gasteiger partial charge in [0.1, 0.15) is 5.82 Å². The second kappa shape index (κ2) is 10.1. The van der Waals surface area contributed by atoms with Crippen LogP contribution in [-0.4, -0.2) is 36.1 Å². The molecule has 3 N–H and O–H groups in total. The summed E-state index contributed by atoms with van der Waals surface area (Å²) in [6, 6.07) is 15.7. The Morgan fingerprint density at radius 3 is 2.44 bits per heavy atom. The number of nitrogens with zero attached hydrogens (tertiary/aromatic N) is 2. The molecule has 1 amide bonds. The number of aromatic nitrogens is 1. The molecular weight excluding hydrogens is 426 g/mol. The minimum atomic E-state index is -0.340. The first-order valence-electron chi connectivity index (χ1n) is 9.94. The molecule has 2 aromatic carbocycles. The molecule has 0 fully saturated rings. The number of amides is 1. The molecule has 0 saturated carbocycles. The van der Waals surface area contributed by atoms with Gasteiger partial charge in [-0.15, -0.1) is 0 Å². The number of halogens is 1. The number of pyridine rings is 1. The van der Waals surface area contributed by atoms with Gasteiger partial charge in [-0.1, -0.05) is 23.2 Å². The third kappa shape index (κ3) is 5.70. The van der Waals surface area contributed by atoms with E-state index >= 15 is 0 Å². The Morgan fingerprint density at radius 2 is 1.81 bits per heavy atom. The van der Waals surface area contributed by atoms with Crippen molar-refractivity contribution in [3.05, 3.63) is 82.5 Å². The zero-order valence-corrected chi connectivity index (χ0v) is 18.8. The SMILES string of the molecule is CC(=N)N(C)c1ccc(C(=O)CNc2ccc(C)cc2C(=O)Nc2ccc(Cl)cn2)cc1. The Morgan fingerprint density at radius 1 is 1.09 bits per heavy atom. The second-order valence-electron chi connectivity index (χ2n) is 7.33. The van der Waals surface area contributed by atoms with Crippen molar-refractivity contribution in [2.24, 2.45) is 0 Å². The molecule has 32 heavy (non-hydrogen) atoms. The quantitative estimate of drug-likeness (QED) is 0.267. The third-order valence-electron chi connectivity index (χ3n) is 4.91. The average molecular weight is 450 g/mol. The molecule has 0 radical (unpaired) electrons. The minimum Gasteiger partial charge on any atom is -0.377 e. The van der Waals surface area contributed by atoms with E-state index < -0.39 is 0 Å². The first-order chi connectivity index (χ1) is 15.2. The van der Waals surface area contributed by atoms with Gasteiger partial charge in [0, 0.05) is 30.2 Å². The first-order valence-corrected chi connectivity index (χ1v) is 10.3. The fraction of sp³-hybridized carbons (Fsp3) is 0.167. The Kier molecular flexibility index (Phi) is 7.22. The highest BCUT2D eigenvalue weighted by molar-refractivity contribution is 6.30. The van der Waals surface area contributed by atoms with Crippen molar-refractivity contribution >= 4 is 46.3 Å².